The molecule has 0 spiro atoms. The Morgan fingerprint density at radius 1 is 1.00 bits per heavy atom. The van der Waals surface area contributed by atoms with Gasteiger partial charge in [0.05, 0.1) is 6.10 Å². The summed E-state index contributed by atoms with van der Waals surface area (Å²) in [6, 6.07) is 5.54. The third-order valence-corrected chi connectivity index (χ3v) is 3.48. The Balaban J connectivity index is 2.27. The number of halogens is 2. The summed E-state index contributed by atoms with van der Waals surface area (Å²) in [7, 11) is 0. The SMILES string of the molecule is OC1CCCCC1c1cc(Cl)cc(Cl)c1. The zero-order chi connectivity index (χ0) is 10.8. The molecule has 1 aromatic carbocycles. The molecule has 0 bridgehead atoms. The van der Waals surface area contributed by atoms with E-state index in [1.54, 1.807) is 6.07 Å². The maximum absolute atomic E-state index is 9.92. The van der Waals surface area contributed by atoms with Crippen LogP contribution in [0.1, 0.15) is 37.2 Å². The van der Waals surface area contributed by atoms with Gasteiger partial charge in [0.25, 0.3) is 0 Å². The molecule has 0 amide bonds. The van der Waals surface area contributed by atoms with Gasteiger partial charge in [-0.25, -0.2) is 0 Å². The lowest BCUT2D eigenvalue weighted by atomic mass is 9.82. The van der Waals surface area contributed by atoms with Gasteiger partial charge in [-0.15, -0.1) is 0 Å². The topological polar surface area (TPSA) is 20.2 Å². The predicted molar refractivity (Wildman–Crippen MR) is 63.7 cm³/mol. The highest BCUT2D eigenvalue weighted by Gasteiger charge is 2.24. The number of aliphatic hydroxyl groups excluding tert-OH is 1. The number of hydrogen-bond donors (Lipinski definition) is 1. The van der Waals surface area contributed by atoms with Crippen LogP contribution in [-0.4, -0.2) is 11.2 Å². The average Bonchev–Trinajstić information content (AvgIpc) is 2.16. The van der Waals surface area contributed by atoms with Crippen molar-refractivity contribution < 1.29 is 5.11 Å². The van der Waals surface area contributed by atoms with E-state index in [0.717, 1.165) is 24.8 Å². The maximum Gasteiger partial charge on any atom is 0.0608 e. The molecule has 2 atom stereocenters. The third kappa shape index (κ3) is 2.66. The normalized spacial score (nSPS) is 26.6. The largest absolute Gasteiger partial charge is 0.392 e. The summed E-state index contributed by atoms with van der Waals surface area (Å²) in [4.78, 5) is 0. The van der Waals surface area contributed by atoms with E-state index in [-0.39, 0.29) is 12.0 Å². The minimum atomic E-state index is -0.242. The monoisotopic (exact) mass is 244 g/mol. The van der Waals surface area contributed by atoms with Gasteiger partial charge in [0, 0.05) is 16.0 Å². The minimum absolute atomic E-state index is 0.204. The van der Waals surface area contributed by atoms with Crippen LogP contribution in [0.4, 0.5) is 0 Å². The lowest BCUT2D eigenvalue weighted by Gasteiger charge is -2.28. The second-order valence-corrected chi connectivity index (χ2v) is 5.03. The Morgan fingerprint density at radius 3 is 2.20 bits per heavy atom. The van der Waals surface area contributed by atoms with Gasteiger partial charge in [0.15, 0.2) is 0 Å². The van der Waals surface area contributed by atoms with E-state index >= 15 is 0 Å². The van der Waals surface area contributed by atoms with Crippen LogP contribution in [0, 0.1) is 0 Å². The van der Waals surface area contributed by atoms with Crippen molar-refractivity contribution in [3.63, 3.8) is 0 Å². The Kier molecular flexibility index (Phi) is 3.55. The summed E-state index contributed by atoms with van der Waals surface area (Å²) in [5, 5.41) is 11.2. The van der Waals surface area contributed by atoms with Crippen LogP contribution in [0.3, 0.4) is 0 Å². The van der Waals surface area contributed by atoms with Gasteiger partial charge in [-0.1, -0.05) is 36.0 Å². The second kappa shape index (κ2) is 4.73. The van der Waals surface area contributed by atoms with Crippen molar-refractivity contribution in [3.05, 3.63) is 33.8 Å². The molecule has 1 nitrogen and oxygen atoms in total. The average molecular weight is 245 g/mol. The minimum Gasteiger partial charge on any atom is -0.392 e. The van der Waals surface area contributed by atoms with Crippen molar-refractivity contribution in [1.29, 1.82) is 0 Å². The van der Waals surface area contributed by atoms with Crippen LogP contribution in [0.5, 0.6) is 0 Å². The molecule has 0 heterocycles. The number of benzene rings is 1. The van der Waals surface area contributed by atoms with Gasteiger partial charge in [-0.05, 0) is 36.6 Å². The van der Waals surface area contributed by atoms with Gasteiger partial charge in [0.2, 0.25) is 0 Å². The molecule has 15 heavy (non-hydrogen) atoms. The Labute approximate surface area is 100 Å². The van der Waals surface area contributed by atoms with Crippen LogP contribution in [0.25, 0.3) is 0 Å². The number of rotatable bonds is 1. The van der Waals surface area contributed by atoms with Crippen molar-refractivity contribution in [2.45, 2.75) is 37.7 Å². The zero-order valence-corrected chi connectivity index (χ0v) is 9.93. The highest BCUT2D eigenvalue weighted by molar-refractivity contribution is 6.34. The lowest BCUT2D eigenvalue weighted by Crippen LogP contribution is -2.22. The van der Waals surface area contributed by atoms with Crippen LogP contribution in [0.2, 0.25) is 10.0 Å². The van der Waals surface area contributed by atoms with Gasteiger partial charge in [-0.2, -0.15) is 0 Å². The first-order valence-electron chi connectivity index (χ1n) is 5.31. The molecular formula is C12H14Cl2O. The quantitative estimate of drug-likeness (QED) is 0.792. The maximum atomic E-state index is 9.92. The fourth-order valence-corrected chi connectivity index (χ4v) is 2.83. The summed E-state index contributed by atoms with van der Waals surface area (Å²) >= 11 is 11.9. The molecule has 82 valence electrons. The summed E-state index contributed by atoms with van der Waals surface area (Å²) in [5.41, 5.74) is 1.07. The Morgan fingerprint density at radius 2 is 1.60 bits per heavy atom. The zero-order valence-electron chi connectivity index (χ0n) is 8.42. The molecule has 3 heteroatoms. The molecule has 0 saturated heterocycles. The standard InChI is InChI=1S/C12H14Cl2O/c13-9-5-8(6-10(14)7-9)11-3-1-2-4-12(11)15/h5-7,11-12,15H,1-4H2. The molecule has 0 aromatic heterocycles. The molecule has 1 aromatic rings. The smallest absolute Gasteiger partial charge is 0.0608 e. The first kappa shape index (κ1) is 11.3. The van der Waals surface area contributed by atoms with Crippen LogP contribution < -0.4 is 0 Å². The van der Waals surface area contributed by atoms with Crippen LogP contribution in [0.15, 0.2) is 18.2 Å². The van der Waals surface area contributed by atoms with E-state index in [4.69, 9.17) is 23.2 Å². The first-order chi connectivity index (χ1) is 7.16. The molecule has 1 fully saturated rings. The van der Waals surface area contributed by atoms with Gasteiger partial charge in [0.1, 0.15) is 0 Å². The van der Waals surface area contributed by atoms with Gasteiger partial charge >= 0.3 is 0 Å². The van der Waals surface area contributed by atoms with Crippen molar-refractivity contribution in [3.8, 4) is 0 Å². The van der Waals surface area contributed by atoms with E-state index < -0.39 is 0 Å². The second-order valence-electron chi connectivity index (χ2n) is 4.16. The first-order valence-corrected chi connectivity index (χ1v) is 6.06. The van der Waals surface area contributed by atoms with Crippen molar-refractivity contribution in [2.24, 2.45) is 0 Å². The molecule has 1 N–H and O–H groups in total. The third-order valence-electron chi connectivity index (χ3n) is 3.04. The van der Waals surface area contributed by atoms with Crippen molar-refractivity contribution >= 4 is 23.2 Å². The molecule has 2 unspecified atom stereocenters. The Hall–Kier alpha value is -0.240. The number of hydrogen-bond acceptors (Lipinski definition) is 1. The fourth-order valence-electron chi connectivity index (χ4n) is 2.29. The predicted octanol–water partition coefficient (Wildman–Crippen LogP) is 4.01. The molecular weight excluding hydrogens is 231 g/mol. The van der Waals surface area contributed by atoms with E-state index in [9.17, 15) is 5.11 Å². The van der Waals surface area contributed by atoms with E-state index in [0.29, 0.717) is 10.0 Å². The lowest BCUT2D eigenvalue weighted by molar-refractivity contribution is 0.106. The van der Waals surface area contributed by atoms with E-state index in [1.807, 2.05) is 12.1 Å². The molecule has 1 aliphatic carbocycles. The fraction of sp³-hybridized carbons (Fsp3) is 0.500. The highest BCUT2D eigenvalue weighted by Crippen LogP contribution is 2.35. The molecule has 1 saturated carbocycles. The molecule has 0 aliphatic heterocycles. The summed E-state index contributed by atoms with van der Waals surface area (Å²) in [6.45, 7) is 0. The van der Waals surface area contributed by atoms with Crippen LogP contribution >= 0.6 is 23.2 Å². The molecule has 2 rings (SSSR count). The van der Waals surface area contributed by atoms with E-state index in [1.165, 1.54) is 6.42 Å². The summed E-state index contributed by atoms with van der Waals surface area (Å²) < 4.78 is 0. The van der Waals surface area contributed by atoms with Gasteiger partial charge in [-0.3, -0.25) is 0 Å². The Bertz CT molecular complexity index is 331. The summed E-state index contributed by atoms with van der Waals surface area (Å²) in [5.74, 6) is 0.204. The van der Waals surface area contributed by atoms with Crippen molar-refractivity contribution in [1.82, 2.24) is 0 Å². The summed E-state index contributed by atoms with van der Waals surface area (Å²) in [6.07, 6.45) is 3.96. The van der Waals surface area contributed by atoms with Crippen molar-refractivity contribution in [2.75, 3.05) is 0 Å². The van der Waals surface area contributed by atoms with Gasteiger partial charge < -0.3 is 5.11 Å². The number of aliphatic hydroxyl groups is 1. The van der Waals surface area contributed by atoms with E-state index in [2.05, 4.69) is 0 Å². The van der Waals surface area contributed by atoms with Crippen LogP contribution in [-0.2, 0) is 0 Å². The molecule has 0 radical (unpaired) electrons. The molecule has 1 aliphatic rings. The highest BCUT2D eigenvalue weighted by atomic mass is 35.5.